The van der Waals surface area contributed by atoms with Crippen LogP contribution in [-0.2, 0) is 9.53 Å². The van der Waals surface area contributed by atoms with Gasteiger partial charge in [0.1, 0.15) is 0 Å². The summed E-state index contributed by atoms with van der Waals surface area (Å²) in [6, 6.07) is 9.66. The number of hydrogen-bond donors (Lipinski definition) is 1. The summed E-state index contributed by atoms with van der Waals surface area (Å²) in [4.78, 5) is 11.7. The average molecular weight is 245 g/mol. The molecule has 18 heavy (non-hydrogen) atoms. The first-order valence-corrected chi connectivity index (χ1v) is 6.02. The molecule has 3 nitrogen and oxygen atoms in total. The summed E-state index contributed by atoms with van der Waals surface area (Å²) in [5, 5.41) is 3.23. The molecule has 96 valence electrons. The van der Waals surface area contributed by atoms with Gasteiger partial charge in [-0.25, -0.2) is 0 Å². The monoisotopic (exact) mass is 245 g/mol. The largest absolute Gasteiger partial charge is 0.469 e. The van der Waals surface area contributed by atoms with Crippen LogP contribution in [0.2, 0.25) is 0 Å². The normalized spacial score (nSPS) is 11.2. The third kappa shape index (κ3) is 4.60. The number of carbonyl (C=O) groups excluding carboxylic acids is 1. The predicted octanol–water partition coefficient (Wildman–Crippen LogP) is 1.95. The van der Waals surface area contributed by atoms with Crippen LogP contribution in [-0.4, -0.2) is 26.2 Å². The van der Waals surface area contributed by atoms with Gasteiger partial charge >= 0.3 is 5.97 Å². The first-order valence-electron chi connectivity index (χ1n) is 6.02. The Morgan fingerprint density at radius 2 is 2.11 bits per heavy atom. The zero-order valence-electron chi connectivity index (χ0n) is 10.9. The lowest BCUT2D eigenvalue weighted by molar-refractivity contribution is -0.142. The molecule has 0 bridgehead atoms. The Balaban J connectivity index is 2.56. The minimum absolute atomic E-state index is 0.213. The summed E-state index contributed by atoms with van der Waals surface area (Å²) in [5.74, 6) is 5.34. The number of hydrogen-bond acceptors (Lipinski definition) is 3. The fraction of sp³-hybridized carbons (Fsp3) is 0.400. The third-order valence-electron chi connectivity index (χ3n) is 2.64. The van der Waals surface area contributed by atoms with Gasteiger partial charge in [-0.05, 0) is 12.5 Å². The Kier molecular flexibility index (Phi) is 6.60. The van der Waals surface area contributed by atoms with E-state index in [0.717, 1.165) is 18.5 Å². The van der Waals surface area contributed by atoms with Crippen molar-refractivity contribution in [3.05, 3.63) is 35.9 Å². The van der Waals surface area contributed by atoms with Crippen molar-refractivity contribution in [2.75, 3.05) is 20.2 Å². The van der Waals surface area contributed by atoms with Gasteiger partial charge in [0.15, 0.2) is 0 Å². The Labute approximate surface area is 109 Å². The minimum atomic E-state index is -0.259. The summed E-state index contributed by atoms with van der Waals surface area (Å²) in [6.45, 7) is 3.17. The van der Waals surface area contributed by atoms with Crippen LogP contribution in [0, 0.1) is 11.8 Å². The van der Waals surface area contributed by atoms with E-state index in [1.807, 2.05) is 37.3 Å². The van der Waals surface area contributed by atoms with Crippen molar-refractivity contribution >= 4 is 5.97 Å². The quantitative estimate of drug-likeness (QED) is 0.473. The number of benzene rings is 1. The molecule has 0 aliphatic rings. The van der Waals surface area contributed by atoms with Gasteiger partial charge < -0.3 is 10.1 Å². The SMILES string of the molecule is CC#CCCNCC(C(=O)OC)c1ccccc1. The van der Waals surface area contributed by atoms with E-state index in [0.29, 0.717) is 6.54 Å². The maximum Gasteiger partial charge on any atom is 0.314 e. The standard InChI is InChI=1S/C15H19NO2/c1-3-4-8-11-16-12-14(15(17)18-2)13-9-6-5-7-10-13/h5-7,9-10,14,16H,8,11-12H2,1-2H3. The zero-order valence-corrected chi connectivity index (χ0v) is 10.9. The second kappa shape index (κ2) is 8.32. The number of ether oxygens (including phenoxy) is 1. The van der Waals surface area contributed by atoms with Crippen molar-refractivity contribution in [1.29, 1.82) is 0 Å². The lowest BCUT2D eigenvalue weighted by Crippen LogP contribution is -2.28. The molecule has 0 amide bonds. The van der Waals surface area contributed by atoms with E-state index in [4.69, 9.17) is 4.74 Å². The highest BCUT2D eigenvalue weighted by Gasteiger charge is 2.20. The molecule has 1 N–H and O–H groups in total. The van der Waals surface area contributed by atoms with Gasteiger partial charge in [-0.3, -0.25) is 4.79 Å². The second-order valence-corrected chi connectivity index (χ2v) is 3.87. The molecule has 0 radical (unpaired) electrons. The molecular weight excluding hydrogens is 226 g/mol. The molecule has 0 heterocycles. The molecule has 1 aromatic rings. The van der Waals surface area contributed by atoms with Crippen LogP contribution in [0.5, 0.6) is 0 Å². The average Bonchev–Trinajstić information content (AvgIpc) is 2.43. The van der Waals surface area contributed by atoms with Gasteiger partial charge in [-0.15, -0.1) is 11.8 Å². The molecule has 0 aliphatic heterocycles. The lowest BCUT2D eigenvalue weighted by Gasteiger charge is -2.15. The molecule has 1 aromatic carbocycles. The molecule has 3 heteroatoms. The van der Waals surface area contributed by atoms with Gasteiger partial charge in [0.05, 0.1) is 13.0 Å². The van der Waals surface area contributed by atoms with Crippen molar-refractivity contribution in [3.8, 4) is 11.8 Å². The van der Waals surface area contributed by atoms with Crippen LogP contribution in [0.15, 0.2) is 30.3 Å². The number of nitrogens with one attached hydrogen (secondary N) is 1. The fourth-order valence-corrected chi connectivity index (χ4v) is 1.69. The highest BCUT2D eigenvalue weighted by Crippen LogP contribution is 2.16. The summed E-state index contributed by atoms with van der Waals surface area (Å²) in [7, 11) is 1.42. The molecule has 0 saturated heterocycles. The Bertz CT molecular complexity index is 417. The van der Waals surface area contributed by atoms with Crippen molar-refractivity contribution in [1.82, 2.24) is 5.32 Å². The summed E-state index contributed by atoms with van der Waals surface area (Å²) < 4.78 is 4.84. The summed E-state index contributed by atoms with van der Waals surface area (Å²) in [6.07, 6.45) is 0.791. The van der Waals surface area contributed by atoms with E-state index in [1.165, 1.54) is 7.11 Å². The molecule has 0 aliphatic carbocycles. The number of rotatable bonds is 6. The zero-order chi connectivity index (χ0) is 13.2. The first-order chi connectivity index (χ1) is 8.79. The van der Waals surface area contributed by atoms with Crippen LogP contribution in [0.3, 0.4) is 0 Å². The van der Waals surface area contributed by atoms with Crippen molar-refractivity contribution in [2.24, 2.45) is 0 Å². The van der Waals surface area contributed by atoms with Crippen molar-refractivity contribution in [2.45, 2.75) is 19.3 Å². The predicted molar refractivity (Wildman–Crippen MR) is 72.1 cm³/mol. The van der Waals surface area contributed by atoms with E-state index in [-0.39, 0.29) is 11.9 Å². The maximum absolute atomic E-state index is 11.7. The molecule has 1 rings (SSSR count). The van der Waals surface area contributed by atoms with Gasteiger partial charge in [-0.1, -0.05) is 30.3 Å². The smallest absolute Gasteiger partial charge is 0.314 e. The van der Waals surface area contributed by atoms with Crippen molar-refractivity contribution in [3.63, 3.8) is 0 Å². The highest BCUT2D eigenvalue weighted by atomic mass is 16.5. The lowest BCUT2D eigenvalue weighted by atomic mass is 9.99. The number of esters is 1. The number of carbonyl (C=O) groups is 1. The fourth-order valence-electron chi connectivity index (χ4n) is 1.69. The van der Waals surface area contributed by atoms with Gasteiger partial charge in [0.25, 0.3) is 0 Å². The molecular formula is C15H19NO2. The van der Waals surface area contributed by atoms with Crippen LogP contribution in [0.25, 0.3) is 0 Å². The van der Waals surface area contributed by atoms with Gasteiger partial charge in [-0.2, -0.15) is 0 Å². The highest BCUT2D eigenvalue weighted by molar-refractivity contribution is 5.78. The molecule has 0 spiro atoms. The maximum atomic E-state index is 11.7. The first kappa shape index (κ1) is 14.3. The summed E-state index contributed by atoms with van der Waals surface area (Å²) >= 11 is 0. The van der Waals surface area contributed by atoms with Crippen molar-refractivity contribution < 1.29 is 9.53 Å². The van der Waals surface area contributed by atoms with E-state index < -0.39 is 0 Å². The van der Waals surface area contributed by atoms with Crippen LogP contribution in [0.1, 0.15) is 24.8 Å². The van der Waals surface area contributed by atoms with Crippen LogP contribution < -0.4 is 5.32 Å². The second-order valence-electron chi connectivity index (χ2n) is 3.87. The van der Waals surface area contributed by atoms with Gasteiger partial charge in [0, 0.05) is 19.5 Å². The van der Waals surface area contributed by atoms with Crippen LogP contribution >= 0.6 is 0 Å². The van der Waals surface area contributed by atoms with E-state index in [2.05, 4.69) is 17.2 Å². The number of methoxy groups -OCH3 is 1. The minimum Gasteiger partial charge on any atom is -0.469 e. The van der Waals surface area contributed by atoms with E-state index in [1.54, 1.807) is 0 Å². The van der Waals surface area contributed by atoms with E-state index in [9.17, 15) is 4.79 Å². The van der Waals surface area contributed by atoms with Crippen LogP contribution in [0.4, 0.5) is 0 Å². The summed E-state index contributed by atoms with van der Waals surface area (Å²) in [5.41, 5.74) is 0.971. The Morgan fingerprint density at radius 3 is 2.72 bits per heavy atom. The third-order valence-corrected chi connectivity index (χ3v) is 2.64. The molecule has 0 aromatic heterocycles. The molecule has 0 saturated carbocycles. The molecule has 1 atom stereocenters. The molecule has 0 fully saturated rings. The molecule has 1 unspecified atom stereocenters. The van der Waals surface area contributed by atoms with Gasteiger partial charge in [0.2, 0.25) is 0 Å². The Hall–Kier alpha value is -1.79. The topological polar surface area (TPSA) is 38.3 Å². The Morgan fingerprint density at radius 1 is 1.39 bits per heavy atom. The van der Waals surface area contributed by atoms with E-state index >= 15 is 0 Å².